The average Bonchev–Trinajstić information content (AvgIpc) is 3.42. The van der Waals surface area contributed by atoms with Crippen molar-refractivity contribution in [2.45, 2.75) is 51.1 Å². The number of carbonyl (C=O) groups excluding carboxylic acids is 1. The maximum Gasteiger partial charge on any atom is 0.257 e. The third-order valence-corrected chi connectivity index (χ3v) is 6.32. The number of hydrazone groups is 1. The molecule has 4 heterocycles. The smallest absolute Gasteiger partial charge is 0.257 e. The molecule has 0 aliphatic carbocycles. The van der Waals surface area contributed by atoms with Gasteiger partial charge in [0.05, 0.1) is 23.4 Å². The fourth-order valence-corrected chi connectivity index (χ4v) is 4.73. The van der Waals surface area contributed by atoms with Crippen LogP contribution in [0.25, 0.3) is 0 Å². The van der Waals surface area contributed by atoms with E-state index in [1.165, 1.54) is 19.3 Å². The number of thiophene rings is 1. The Morgan fingerprint density at radius 1 is 1.35 bits per heavy atom. The van der Waals surface area contributed by atoms with Gasteiger partial charge in [-0.3, -0.25) is 9.69 Å². The second kappa shape index (κ2) is 7.76. The number of rotatable bonds is 5. The second-order valence-corrected chi connectivity index (χ2v) is 7.97. The SMILES string of the molecule is CCC1CCCCN1CC(=O)N1N=C(c2cccs2)CC1c1ccco1. The first-order valence-electron chi connectivity index (χ1n) is 9.47. The number of hydrogen-bond donors (Lipinski definition) is 0. The molecular formula is C20H25N3O2S. The van der Waals surface area contributed by atoms with Crippen molar-refractivity contribution in [2.24, 2.45) is 5.10 Å². The van der Waals surface area contributed by atoms with Crippen LogP contribution in [0.1, 0.15) is 55.7 Å². The lowest BCUT2D eigenvalue weighted by Crippen LogP contribution is -2.45. The maximum atomic E-state index is 13.1. The minimum absolute atomic E-state index is 0.0679. The predicted octanol–water partition coefficient (Wildman–Crippen LogP) is 4.28. The molecule has 4 rings (SSSR count). The highest BCUT2D eigenvalue weighted by atomic mass is 32.1. The summed E-state index contributed by atoms with van der Waals surface area (Å²) in [5.41, 5.74) is 0.973. The number of carbonyl (C=O) groups is 1. The lowest BCUT2D eigenvalue weighted by Gasteiger charge is -2.35. The highest BCUT2D eigenvalue weighted by Gasteiger charge is 2.36. The molecule has 2 aromatic rings. The fraction of sp³-hybridized carbons (Fsp3) is 0.500. The van der Waals surface area contributed by atoms with Crippen molar-refractivity contribution in [3.8, 4) is 0 Å². The number of amides is 1. The molecule has 2 unspecified atom stereocenters. The monoisotopic (exact) mass is 371 g/mol. The van der Waals surface area contributed by atoms with Gasteiger partial charge in [-0.2, -0.15) is 5.10 Å². The van der Waals surface area contributed by atoms with Crippen LogP contribution in [-0.4, -0.2) is 40.7 Å². The molecule has 2 aliphatic heterocycles. The Morgan fingerprint density at radius 2 is 2.27 bits per heavy atom. The van der Waals surface area contributed by atoms with E-state index in [1.807, 2.05) is 23.6 Å². The summed E-state index contributed by atoms with van der Waals surface area (Å²) in [7, 11) is 0. The molecule has 0 aromatic carbocycles. The van der Waals surface area contributed by atoms with E-state index in [-0.39, 0.29) is 11.9 Å². The largest absolute Gasteiger partial charge is 0.467 e. The van der Waals surface area contributed by atoms with Gasteiger partial charge in [-0.05, 0) is 49.4 Å². The molecule has 138 valence electrons. The highest BCUT2D eigenvalue weighted by molar-refractivity contribution is 7.12. The van der Waals surface area contributed by atoms with Crippen molar-refractivity contribution in [1.29, 1.82) is 0 Å². The van der Waals surface area contributed by atoms with E-state index in [9.17, 15) is 4.79 Å². The van der Waals surface area contributed by atoms with Gasteiger partial charge in [0, 0.05) is 12.5 Å². The average molecular weight is 372 g/mol. The Labute approximate surface area is 158 Å². The molecule has 5 nitrogen and oxygen atoms in total. The molecular weight excluding hydrogens is 346 g/mol. The van der Waals surface area contributed by atoms with Gasteiger partial charge in [0.2, 0.25) is 0 Å². The van der Waals surface area contributed by atoms with Crippen LogP contribution in [0.4, 0.5) is 0 Å². The highest BCUT2D eigenvalue weighted by Crippen LogP contribution is 2.34. The second-order valence-electron chi connectivity index (χ2n) is 7.03. The van der Waals surface area contributed by atoms with Crippen LogP contribution in [0, 0.1) is 0 Å². The van der Waals surface area contributed by atoms with Gasteiger partial charge in [0.15, 0.2) is 0 Å². The number of likely N-dealkylation sites (tertiary alicyclic amines) is 1. The Kier molecular flexibility index (Phi) is 5.22. The third kappa shape index (κ3) is 3.48. The van der Waals surface area contributed by atoms with Crippen LogP contribution in [0.3, 0.4) is 0 Å². The van der Waals surface area contributed by atoms with Crippen molar-refractivity contribution in [3.63, 3.8) is 0 Å². The topological polar surface area (TPSA) is 49.1 Å². The number of nitrogens with zero attached hydrogens (tertiary/aromatic N) is 3. The summed E-state index contributed by atoms with van der Waals surface area (Å²) in [5.74, 6) is 0.873. The van der Waals surface area contributed by atoms with Gasteiger partial charge < -0.3 is 4.42 Å². The van der Waals surface area contributed by atoms with Gasteiger partial charge in [-0.25, -0.2) is 5.01 Å². The van der Waals surface area contributed by atoms with E-state index in [2.05, 4.69) is 17.9 Å². The number of hydrogen-bond acceptors (Lipinski definition) is 5. The summed E-state index contributed by atoms with van der Waals surface area (Å²) >= 11 is 1.66. The fourth-order valence-electron chi connectivity index (χ4n) is 4.01. The Hall–Kier alpha value is -1.92. The van der Waals surface area contributed by atoms with E-state index < -0.39 is 0 Å². The van der Waals surface area contributed by atoms with Crippen molar-refractivity contribution in [3.05, 3.63) is 46.5 Å². The molecule has 1 saturated heterocycles. The number of furan rings is 1. The lowest BCUT2D eigenvalue weighted by molar-refractivity contribution is -0.135. The molecule has 0 spiro atoms. The van der Waals surface area contributed by atoms with Crippen LogP contribution in [0.2, 0.25) is 0 Å². The first-order chi connectivity index (χ1) is 12.8. The first-order valence-corrected chi connectivity index (χ1v) is 10.3. The summed E-state index contributed by atoms with van der Waals surface area (Å²) in [4.78, 5) is 16.6. The first kappa shape index (κ1) is 17.5. The van der Waals surface area contributed by atoms with Crippen molar-refractivity contribution in [2.75, 3.05) is 13.1 Å². The van der Waals surface area contributed by atoms with Crippen molar-refractivity contribution in [1.82, 2.24) is 9.91 Å². The normalized spacial score (nSPS) is 24.0. The summed E-state index contributed by atoms with van der Waals surface area (Å²) in [6.45, 7) is 3.66. The third-order valence-electron chi connectivity index (χ3n) is 5.40. The quantitative estimate of drug-likeness (QED) is 0.788. The zero-order valence-corrected chi connectivity index (χ0v) is 16.0. The van der Waals surface area contributed by atoms with Gasteiger partial charge in [0.1, 0.15) is 11.8 Å². The zero-order valence-electron chi connectivity index (χ0n) is 15.1. The minimum atomic E-state index is -0.139. The molecule has 1 fully saturated rings. The van der Waals surface area contributed by atoms with Crippen LogP contribution in [0.5, 0.6) is 0 Å². The maximum absolute atomic E-state index is 13.1. The summed E-state index contributed by atoms with van der Waals surface area (Å²) < 4.78 is 5.62. The predicted molar refractivity (Wildman–Crippen MR) is 103 cm³/mol. The Balaban J connectivity index is 1.55. The molecule has 26 heavy (non-hydrogen) atoms. The molecule has 1 amide bonds. The molecule has 0 bridgehead atoms. The van der Waals surface area contributed by atoms with Gasteiger partial charge >= 0.3 is 0 Å². The molecule has 2 aromatic heterocycles. The van der Waals surface area contributed by atoms with Crippen LogP contribution in [0.15, 0.2) is 45.4 Å². The zero-order chi connectivity index (χ0) is 17.9. The Bertz CT molecular complexity index is 754. The summed E-state index contributed by atoms with van der Waals surface area (Å²) in [6, 6.07) is 8.27. The molecule has 0 radical (unpaired) electrons. The number of piperidine rings is 1. The van der Waals surface area contributed by atoms with Crippen molar-refractivity contribution < 1.29 is 9.21 Å². The molecule has 0 saturated carbocycles. The van der Waals surface area contributed by atoms with E-state index in [1.54, 1.807) is 22.6 Å². The standard InChI is InChI=1S/C20H25N3O2S/c1-2-15-7-3-4-10-22(15)14-20(24)23-17(18-8-5-11-25-18)13-16(21-23)19-9-6-12-26-19/h5-6,8-9,11-12,15,17H,2-4,7,10,13-14H2,1H3. The van der Waals surface area contributed by atoms with Gasteiger partial charge in [-0.15, -0.1) is 11.3 Å². The van der Waals surface area contributed by atoms with Crippen LogP contribution < -0.4 is 0 Å². The van der Waals surface area contributed by atoms with Gasteiger partial charge in [-0.1, -0.05) is 19.4 Å². The summed E-state index contributed by atoms with van der Waals surface area (Å²) in [5, 5.41) is 8.42. The Morgan fingerprint density at radius 3 is 3.00 bits per heavy atom. The minimum Gasteiger partial charge on any atom is -0.467 e. The van der Waals surface area contributed by atoms with Crippen LogP contribution in [-0.2, 0) is 4.79 Å². The van der Waals surface area contributed by atoms with Gasteiger partial charge in [0.25, 0.3) is 5.91 Å². The van der Waals surface area contributed by atoms with Crippen LogP contribution >= 0.6 is 11.3 Å². The molecule has 6 heteroatoms. The van der Waals surface area contributed by atoms with E-state index in [4.69, 9.17) is 9.52 Å². The van der Waals surface area contributed by atoms with E-state index in [0.717, 1.165) is 29.3 Å². The molecule has 2 atom stereocenters. The van der Waals surface area contributed by atoms with Crippen molar-refractivity contribution >= 4 is 23.0 Å². The molecule has 0 N–H and O–H groups in total. The van der Waals surface area contributed by atoms with E-state index >= 15 is 0 Å². The summed E-state index contributed by atoms with van der Waals surface area (Å²) in [6.07, 6.45) is 7.10. The van der Waals surface area contributed by atoms with E-state index in [0.29, 0.717) is 19.0 Å². The molecule has 2 aliphatic rings. The lowest BCUT2D eigenvalue weighted by atomic mass is 10.00.